The van der Waals surface area contributed by atoms with Crippen LogP contribution in [0, 0.1) is 18.2 Å². The zero-order valence-electron chi connectivity index (χ0n) is 9.26. The molecule has 1 nitrogen and oxygen atoms in total. The van der Waals surface area contributed by atoms with Gasteiger partial charge in [0.15, 0.2) is 0 Å². The Morgan fingerprint density at radius 1 is 1.29 bits per heavy atom. The van der Waals surface area contributed by atoms with Crippen LogP contribution in [0.1, 0.15) is 37.9 Å². The van der Waals surface area contributed by atoms with Gasteiger partial charge in [-0.1, -0.05) is 26.8 Å². The highest BCUT2D eigenvalue weighted by Crippen LogP contribution is 2.32. The molecule has 0 heterocycles. The van der Waals surface area contributed by atoms with E-state index in [1.807, 2.05) is 6.92 Å². The van der Waals surface area contributed by atoms with E-state index in [0.717, 1.165) is 11.1 Å². The lowest BCUT2D eigenvalue weighted by atomic mass is 9.81. The minimum absolute atomic E-state index is 0.0431. The van der Waals surface area contributed by atoms with Gasteiger partial charge in [-0.3, -0.25) is 0 Å². The summed E-state index contributed by atoms with van der Waals surface area (Å²) in [6.45, 7) is 8.13. The van der Waals surface area contributed by atoms with Crippen LogP contribution in [0.25, 0.3) is 0 Å². The minimum Gasteiger partial charge on any atom is -0.324 e. The largest absolute Gasteiger partial charge is 0.324 e. The third-order valence-electron chi connectivity index (χ3n) is 2.51. The summed E-state index contributed by atoms with van der Waals surface area (Å²) in [5, 5.41) is 0. The van der Waals surface area contributed by atoms with Crippen molar-refractivity contribution in [2.45, 2.75) is 33.7 Å². The van der Waals surface area contributed by atoms with E-state index in [9.17, 15) is 4.39 Å². The third kappa shape index (κ3) is 2.32. The second-order valence-electron chi connectivity index (χ2n) is 4.84. The monoisotopic (exact) mass is 195 g/mol. The summed E-state index contributed by atoms with van der Waals surface area (Å²) >= 11 is 0. The zero-order chi connectivity index (χ0) is 10.9. The molecule has 0 aromatic heterocycles. The van der Waals surface area contributed by atoms with Crippen molar-refractivity contribution < 1.29 is 4.39 Å². The normalized spacial score (nSPS) is 14.1. The molecule has 0 aliphatic heterocycles. The lowest BCUT2D eigenvalue weighted by molar-refractivity contribution is 0.325. The Balaban J connectivity index is 3.12. The van der Waals surface area contributed by atoms with E-state index >= 15 is 0 Å². The predicted octanol–water partition coefficient (Wildman–Crippen LogP) is 3.18. The van der Waals surface area contributed by atoms with Crippen molar-refractivity contribution in [1.82, 2.24) is 0 Å². The smallest absolute Gasteiger partial charge is 0.123 e. The summed E-state index contributed by atoms with van der Waals surface area (Å²) in [5.74, 6) is -0.217. The van der Waals surface area contributed by atoms with Crippen LogP contribution in [-0.2, 0) is 0 Å². The van der Waals surface area contributed by atoms with Crippen LogP contribution in [0.4, 0.5) is 4.39 Å². The van der Waals surface area contributed by atoms with Gasteiger partial charge in [0, 0.05) is 6.04 Å². The van der Waals surface area contributed by atoms with Gasteiger partial charge in [0.05, 0.1) is 0 Å². The van der Waals surface area contributed by atoms with E-state index < -0.39 is 0 Å². The second kappa shape index (κ2) is 3.70. The predicted molar refractivity (Wildman–Crippen MR) is 57.5 cm³/mol. The molecule has 0 saturated carbocycles. The number of hydrogen-bond donors (Lipinski definition) is 1. The van der Waals surface area contributed by atoms with Gasteiger partial charge in [-0.05, 0) is 35.6 Å². The number of benzene rings is 1. The van der Waals surface area contributed by atoms with Crippen molar-refractivity contribution in [1.29, 1.82) is 0 Å². The Hall–Kier alpha value is -0.890. The average Bonchev–Trinajstić information content (AvgIpc) is 2.06. The lowest BCUT2D eigenvalue weighted by Crippen LogP contribution is -2.27. The summed E-state index contributed by atoms with van der Waals surface area (Å²) in [6, 6.07) is 4.65. The fourth-order valence-electron chi connectivity index (χ4n) is 1.41. The first-order chi connectivity index (χ1) is 6.32. The maximum atomic E-state index is 13.0. The van der Waals surface area contributed by atoms with Crippen molar-refractivity contribution in [3.05, 3.63) is 35.1 Å². The van der Waals surface area contributed by atoms with Crippen LogP contribution in [0.5, 0.6) is 0 Å². The maximum Gasteiger partial charge on any atom is 0.123 e. The van der Waals surface area contributed by atoms with Crippen LogP contribution in [0.2, 0.25) is 0 Å². The molecule has 2 N–H and O–H groups in total. The Kier molecular flexibility index (Phi) is 2.95. The summed E-state index contributed by atoms with van der Waals surface area (Å²) in [4.78, 5) is 0. The topological polar surface area (TPSA) is 26.0 Å². The van der Waals surface area contributed by atoms with Crippen molar-refractivity contribution in [3.8, 4) is 0 Å². The van der Waals surface area contributed by atoms with Crippen molar-refractivity contribution in [2.75, 3.05) is 0 Å². The van der Waals surface area contributed by atoms with Gasteiger partial charge in [0.25, 0.3) is 0 Å². The average molecular weight is 195 g/mol. The van der Waals surface area contributed by atoms with Gasteiger partial charge >= 0.3 is 0 Å². The fourth-order valence-corrected chi connectivity index (χ4v) is 1.41. The highest BCUT2D eigenvalue weighted by atomic mass is 19.1. The second-order valence-corrected chi connectivity index (χ2v) is 4.84. The standard InChI is InChI=1S/C12H18FN/c1-8-5-6-9(13)7-10(8)11(14)12(2,3)4/h5-7,11H,14H2,1-4H3/t11-/m1/s1. The van der Waals surface area contributed by atoms with E-state index in [1.54, 1.807) is 6.07 Å². The maximum absolute atomic E-state index is 13.0. The summed E-state index contributed by atoms with van der Waals surface area (Å²) in [6.07, 6.45) is 0. The Labute approximate surface area is 85.1 Å². The van der Waals surface area contributed by atoms with Gasteiger partial charge in [0.2, 0.25) is 0 Å². The van der Waals surface area contributed by atoms with Gasteiger partial charge in [-0.15, -0.1) is 0 Å². The quantitative estimate of drug-likeness (QED) is 0.731. The number of halogens is 1. The summed E-state index contributed by atoms with van der Waals surface area (Å²) in [7, 11) is 0. The number of hydrogen-bond acceptors (Lipinski definition) is 1. The van der Waals surface area contributed by atoms with Crippen LogP contribution < -0.4 is 5.73 Å². The molecule has 1 atom stereocenters. The molecule has 1 aromatic carbocycles. The molecule has 0 spiro atoms. The number of nitrogens with two attached hydrogens (primary N) is 1. The number of rotatable bonds is 1. The molecule has 0 fully saturated rings. The highest BCUT2D eigenvalue weighted by Gasteiger charge is 2.23. The SMILES string of the molecule is Cc1ccc(F)cc1[C@@H](N)C(C)(C)C. The molecule has 1 aromatic rings. The molecule has 1 rings (SSSR count). The number of aryl methyl sites for hydroxylation is 1. The molecule has 0 saturated heterocycles. The molecule has 78 valence electrons. The molecule has 0 unspecified atom stereocenters. The molecular formula is C12H18FN. The molecule has 2 heteroatoms. The van der Waals surface area contributed by atoms with Crippen LogP contribution >= 0.6 is 0 Å². The van der Waals surface area contributed by atoms with Crippen LogP contribution in [-0.4, -0.2) is 0 Å². The zero-order valence-corrected chi connectivity index (χ0v) is 9.26. The Morgan fingerprint density at radius 2 is 1.86 bits per heavy atom. The minimum atomic E-state index is -0.217. The lowest BCUT2D eigenvalue weighted by Gasteiger charge is -2.28. The van der Waals surface area contributed by atoms with Crippen LogP contribution in [0.3, 0.4) is 0 Å². The first kappa shape index (κ1) is 11.2. The van der Waals surface area contributed by atoms with Crippen molar-refractivity contribution >= 4 is 0 Å². The van der Waals surface area contributed by atoms with Gasteiger partial charge in [0.1, 0.15) is 5.82 Å². The molecule has 0 radical (unpaired) electrons. The summed E-state index contributed by atoms with van der Waals surface area (Å²) < 4.78 is 13.0. The fraction of sp³-hybridized carbons (Fsp3) is 0.500. The van der Waals surface area contributed by atoms with Gasteiger partial charge in [-0.25, -0.2) is 4.39 Å². The first-order valence-corrected chi connectivity index (χ1v) is 4.84. The molecule has 0 amide bonds. The van der Waals surface area contributed by atoms with E-state index in [4.69, 9.17) is 5.73 Å². The molecule has 0 bridgehead atoms. The Morgan fingerprint density at radius 3 is 2.36 bits per heavy atom. The van der Waals surface area contributed by atoms with Crippen molar-refractivity contribution in [2.24, 2.45) is 11.1 Å². The van der Waals surface area contributed by atoms with Gasteiger partial charge < -0.3 is 5.73 Å². The van der Waals surface area contributed by atoms with E-state index in [0.29, 0.717) is 0 Å². The van der Waals surface area contributed by atoms with E-state index in [2.05, 4.69) is 20.8 Å². The molecule has 0 aliphatic rings. The third-order valence-corrected chi connectivity index (χ3v) is 2.51. The summed E-state index contributed by atoms with van der Waals surface area (Å²) in [5.41, 5.74) is 7.98. The molecule has 0 aliphatic carbocycles. The van der Waals surface area contributed by atoms with E-state index in [-0.39, 0.29) is 17.3 Å². The molecular weight excluding hydrogens is 177 g/mol. The van der Waals surface area contributed by atoms with E-state index in [1.165, 1.54) is 12.1 Å². The van der Waals surface area contributed by atoms with Crippen LogP contribution in [0.15, 0.2) is 18.2 Å². The van der Waals surface area contributed by atoms with Gasteiger partial charge in [-0.2, -0.15) is 0 Å². The Bertz CT molecular complexity index is 326. The molecule has 14 heavy (non-hydrogen) atoms. The highest BCUT2D eigenvalue weighted by molar-refractivity contribution is 5.30. The van der Waals surface area contributed by atoms with Crippen molar-refractivity contribution in [3.63, 3.8) is 0 Å². The first-order valence-electron chi connectivity index (χ1n) is 4.84.